The molecular weight excluding hydrogens is 308 g/mol. The fourth-order valence-electron chi connectivity index (χ4n) is 3.73. The Morgan fingerprint density at radius 3 is 2.33 bits per heavy atom. The standard InChI is InChI=1S/C18H26N2O4/c1-4-13-14(12(3)21)11(2)20-15(13)16(22)19-10-18(17(23)24)8-6-5-7-9-18/h20H,4-10H2,1-3H3,(H,19,22)(H,23,24). The van der Waals surface area contributed by atoms with E-state index in [0.717, 1.165) is 19.3 Å². The number of aryl methyl sites for hydroxylation is 1. The van der Waals surface area contributed by atoms with Gasteiger partial charge in [-0.1, -0.05) is 26.2 Å². The quantitative estimate of drug-likeness (QED) is 0.697. The maximum Gasteiger partial charge on any atom is 0.311 e. The van der Waals surface area contributed by atoms with Crippen molar-refractivity contribution in [3.63, 3.8) is 0 Å². The summed E-state index contributed by atoms with van der Waals surface area (Å²) < 4.78 is 0. The van der Waals surface area contributed by atoms with Crippen LogP contribution in [0.25, 0.3) is 0 Å². The van der Waals surface area contributed by atoms with Crippen LogP contribution in [0.15, 0.2) is 0 Å². The first-order chi connectivity index (χ1) is 11.3. The number of nitrogens with one attached hydrogen (secondary N) is 2. The number of hydrogen-bond donors (Lipinski definition) is 3. The van der Waals surface area contributed by atoms with Crippen molar-refractivity contribution in [2.45, 2.75) is 59.3 Å². The molecule has 1 aliphatic rings. The Balaban J connectivity index is 2.19. The van der Waals surface area contributed by atoms with Crippen molar-refractivity contribution in [1.82, 2.24) is 10.3 Å². The number of carbonyl (C=O) groups is 3. The predicted molar refractivity (Wildman–Crippen MR) is 90.4 cm³/mol. The predicted octanol–water partition coefficient (Wildman–Crippen LogP) is 2.85. The minimum Gasteiger partial charge on any atom is -0.481 e. The molecule has 24 heavy (non-hydrogen) atoms. The molecule has 0 radical (unpaired) electrons. The third kappa shape index (κ3) is 3.37. The Hall–Kier alpha value is -2.11. The van der Waals surface area contributed by atoms with Crippen molar-refractivity contribution in [3.8, 4) is 0 Å². The van der Waals surface area contributed by atoms with Crippen LogP contribution in [0.4, 0.5) is 0 Å². The first kappa shape index (κ1) is 18.2. The van der Waals surface area contributed by atoms with Gasteiger partial charge in [0.15, 0.2) is 5.78 Å². The number of carbonyl (C=O) groups excluding carboxylic acids is 2. The van der Waals surface area contributed by atoms with E-state index in [1.54, 1.807) is 6.92 Å². The summed E-state index contributed by atoms with van der Waals surface area (Å²) >= 11 is 0. The average Bonchev–Trinajstić information content (AvgIpc) is 2.90. The van der Waals surface area contributed by atoms with E-state index in [4.69, 9.17) is 0 Å². The molecule has 0 unspecified atom stereocenters. The van der Waals surface area contributed by atoms with Gasteiger partial charge in [0.1, 0.15) is 5.69 Å². The van der Waals surface area contributed by atoms with E-state index in [0.29, 0.717) is 41.8 Å². The van der Waals surface area contributed by atoms with E-state index in [-0.39, 0.29) is 18.2 Å². The second kappa shape index (κ2) is 7.20. The van der Waals surface area contributed by atoms with E-state index in [2.05, 4.69) is 10.3 Å². The first-order valence-corrected chi connectivity index (χ1v) is 8.56. The van der Waals surface area contributed by atoms with Crippen LogP contribution >= 0.6 is 0 Å². The zero-order valence-corrected chi connectivity index (χ0v) is 14.6. The van der Waals surface area contributed by atoms with Gasteiger partial charge in [-0.25, -0.2) is 0 Å². The minimum atomic E-state index is -0.870. The highest BCUT2D eigenvalue weighted by atomic mass is 16.4. The largest absolute Gasteiger partial charge is 0.481 e. The summed E-state index contributed by atoms with van der Waals surface area (Å²) in [7, 11) is 0. The lowest BCUT2D eigenvalue weighted by atomic mass is 9.74. The normalized spacial score (nSPS) is 16.6. The molecule has 3 N–H and O–H groups in total. The van der Waals surface area contributed by atoms with Crippen molar-refractivity contribution in [3.05, 3.63) is 22.5 Å². The second-order valence-corrected chi connectivity index (χ2v) is 6.72. The van der Waals surface area contributed by atoms with Gasteiger partial charge < -0.3 is 15.4 Å². The Morgan fingerprint density at radius 1 is 1.21 bits per heavy atom. The van der Waals surface area contributed by atoms with Crippen LogP contribution in [-0.2, 0) is 11.2 Å². The lowest BCUT2D eigenvalue weighted by molar-refractivity contribution is -0.150. The van der Waals surface area contributed by atoms with Crippen molar-refractivity contribution in [1.29, 1.82) is 0 Å². The molecule has 6 heteroatoms. The van der Waals surface area contributed by atoms with Gasteiger partial charge in [-0.15, -0.1) is 0 Å². The Kier molecular flexibility index (Phi) is 5.47. The molecule has 1 saturated carbocycles. The van der Waals surface area contributed by atoms with Crippen molar-refractivity contribution in [2.24, 2.45) is 5.41 Å². The molecule has 1 heterocycles. The third-order valence-electron chi connectivity index (χ3n) is 5.08. The zero-order valence-electron chi connectivity index (χ0n) is 14.6. The van der Waals surface area contributed by atoms with Gasteiger partial charge in [-0.3, -0.25) is 14.4 Å². The van der Waals surface area contributed by atoms with Crippen molar-refractivity contribution >= 4 is 17.7 Å². The molecule has 0 aromatic carbocycles. The van der Waals surface area contributed by atoms with Crippen molar-refractivity contribution in [2.75, 3.05) is 6.54 Å². The summed E-state index contributed by atoms with van der Waals surface area (Å²) in [5.41, 5.74) is 1.44. The summed E-state index contributed by atoms with van der Waals surface area (Å²) in [5.74, 6) is -1.26. The summed E-state index contributed by atoms with van der Waals surface area (Å²) in [4.78, 5) is 39.1. The van der Waals surface area contributed by atoms with E-state index in [9.17, 15) is 19.5 Å². The number of carboxylic acid groups (broad SMARTS) is 1. The second-order valence-electron chi connectivity index (χ2n) is 6.72. The maximum absolute atomic E-state index is 12.6. The lowest BCUT2D eigenvalue weighted by Crippen LogP contribution is -2.44. The number of Topliss-reactive ketones (excluding diaryl/α,β-unsaturated/α-hetero) is 1. The number of amides is 1. The molecule has 1 fully saturated rings. The van der Waals surface area contributed by atoms with Crippen LogP contribution in [0, 0.1) is 12.3 Å². The number of aliphatic carboxylic acids is 1. The monoisotopic (exact) mass is 334 g/mol. The molecule has 1 amide bonds. The van der Waals surface area contributed by atoms with Gasteiger partial charge >= 0.3 is 5.97 Å². The highest BCUT2D eigenvalue weighted by molar-refractivity contribution is 6.02. The fraction of sp³-hybridized carbons (Fsp3) is 0.611. The van der Waals surface area contributed by atoms with Gasteiger partial charge in [0.05, 0.1) is 5.41 Å². The minimum absolute atomic E-state index is 0.0751. The lowest BCUT2D eigenvalue weighted by Gasteiger charge is -2.33. The van der Waals surface area contributed by atoms with Crippen LogP contribution in [0.3, 0.4) is 0 Å². The summed E-state index contributed by atoms with van der Waals surface area (Å²) in [6.45, 7) is 5.27. The number of hydrogen-bond acceptors (Lipinski definition) is 3. The highest BCUT2D eigenvalue weighted by Gasteiger charge is 2.40. The van der Waals surface area contributed by atoms with Crippen molar-refractivity contribution < 1.29 is 19.5 Å². The number of aromatic amines is 1. The van der Waals surface area contributed by atoms with Crippen LogP contribution in [0.1, 0.15) is 78.1 Å². The summed E-state index contributed by atoms with van der Waals surface area (Å²) in [5, 5.41) is 12.4. The zero-order chi connectivity index (χ0) is 17.9. The van der Waals surface area contributed by atoms with Gasteiger partial charge in [0.2, 0.25) is 0 Å². The topological polar surface area (TPSA) is 99.3 Å². The number of carboxylic acids is 1. The van der Waals surface area contributed by atoms with Crippen LogP contribution in [0.5, 0.6) is 0 Å². The van der Waals surface area contributed by atoms with E-state index < -0.39 is 11.4 Å². The molecule has 2 rings (SSSR count). The molecule has 1 aromatic heterocycles. The SMILES string of the molecule is CCc1c(C(=O)NCC2(C(=O)O)CCCCC2)[nH]c(C)c1C(C)=O. The number of H-pyrrole nitrogens is 1. The van der Waals surface area contributed by atoms with E-state index in [1.165, 1.54) is 6.92 Å². The Morgan fingerprint density at radius 2 is 1.83 bits per heavy atom. The first-order valence-electron chi connectivity index (χ1n) is 8.56. The number of rotatable bonds is 6. The van der Waals surface area contributed by atoms with Gasteiger partial charge in [-0.2, -0.15) is 0 Å². The van der Waals surface area contributed by atoms with Crippen LogP contribution in [-0.4, -0.2) is 34.3 Å². The Bertz CT molecular complexity index is 654. The summed E-state index contributed by atoms with van der Waals surface area (Å²) in [6.07, 6.45) is 4.53. The molecule has 0 spiro atoms. The average molecular weight is 334 g/mol. The molecule has 0 bridgehead atoms. The molecule has 0 aliphatic heterocycles. The fourth-order valence-corrected chi connectivity index (χ4v) is 3.73. The van der Waals surface area contributed by atoms with E-state index >= 15 is 0 Å². The molecule has 0 atom stereocenters. The van der Waals surface area contributed by atoms with Gasteiger partial charge in [0, 0.05) is 17.8 Å². The molecule has 0 saturated heterocycles. The van der Waals surface area contributed by atoms with Crippen LogP contribution in [0.2, 0.25) is 0 Å². The van der Waals surface area contributed by atoms with Gasteiger partial charge in [-0.05, 0) is 38.7 Å². The molecular formula is C18H26N2O4. The smallest absolute Gasteiger partial charge is 0.311 e. The number of ketones is 1. The maximum atomic E-state index is 12.6. The molecule has 1 aromatic rings. The van der Waals surface area contributed by atoms with Gasteiger partial charge in [0.25, 0.3) is 5.91 Å². The number of aromatic nitrogens is 1. The summed E-state index contributed by atoms with van der Waals surface area (Å²) in [6, 6.07) is 0. The molecule has 132 valence electrons. The highest BCUT2D eigenvalue weighted by Crippen LogP contribution is 2.36. The molecule has 6 nitrogen and oxygen atoms in total. The molecule has 1 aliphatic carbocycles. The van der Waals surface area contributed by atoms with Crippen LogP contribution < -0.4 is 5.32 Å². The third-order valence-corrected chi connectivity index (χ3v) is 5.08. The Labute approximate surface area is 142 Å². The van der Waals surface area contributed by atoms with E-state index in [1.807, 2.05) is 6.92 Å².